The van der Waals surface area contributed by atoms with E-state index in [4.69, 9.17) is 11.0 Å². The number of anilines is 3. The highest BCUT2D eigenvalue weighted by molar-refractivity contribution is 5.96. The van der Waals surface area contributed by atoms with Gasteiger partial charge in [0.2, 0.25) is 5.91 Å². The highest BCUT2D eigenvalue weighted by atomic mass is 19.1. The number of halogens is 1. The first-order chi connectivity index (χ1) is 17.2. The van der Waals surface area contributed by atoms with E-state index in [-0.39, 0.29) is 35.4 Å². The van der Waals surface area contributed by atoms with Crippen LogP contribution in [0, 0.1) is 23.1 Å². The predicted octanol–water partition coefficient (Wildman–Crippen LogP) is 1.74. The Kier molecular flexibility index (Phi) is 8.88. The number of rotatable bonds is 9. The summed E-state index contributed by atoms with van der Waals surface area (Å²) < 4.78 is 15.7. The third-order valence-corrected chi connectivity index (χ3v) is 6.22. The summed E-state index contributed by atoms with van der Waals surface area (Å²) in [4.78, 5) is 46.0. The summed E-state index contributed by atoms with van der Waals surface area (Å²) in [7, 11) is 0. The zero-order chi connectivity index (χ0) is 26.4. The predicted molar refractivity (Wildman–Crippen MR) is 138 cm³/mol. The van der Waals surface area contributed by atoms with Crippen molar-refractivity contribution in [2.75, 3.05) is 54.8 Å². The molecule has 2 heterocycles. The van der Waals surface area contributed by atoms with Gasteiger partial charge in [-0.1, -0.05) is 27.2 Å². The summed E-state index contributed by atoms with van der Waals surface area (Å²) in [5.74, 6) is -0.632. The molecule has 194 valence electrons. The maximum absolute atomic E-state index is 14.4. The van der Waals surface area contributed by atoms with Crippen molar-refractivity contribution in [2.45, 2.75) is 40.2 Å². The Morgan fingerprint density at radius 1 is 1.25 bits per heavy atom. The Balaban J connectivity index is 1.76. The van der Waals surface area contributed by atoms with Gasteiger partial charge in [-0.15, -0.1) is 0 Å². The molecule has 36 heavy (non-hydrogen) atoms. The number of H-pyrrole nitrogens is 1. The normalized spacial score (nSPS) is 14.2. The number of aromatic nitrogens is 2. The Labute approximate surface area is 209 Å². The fourth-order valence-corrected chi connectivity index (χ4v) is 4.32. The molecule has 10 nitrogen and oxygen atoms in total. The van der Waals surface area contributed by atoms with Crippen molar-refractivity contribution in [1.29, 1.82) is 5.26 Å². The van der Waals surface area contributed by atoms with Gasteiger partial charge in [0.1, 0.15) is 11.6 Å². The van der Waals surface area contributed by atoms with Crippen molar-refractivity contribution in [2.24, 2.45) is 5.92 Å². The fourth-order valence-electron chi connectivity index (χ4n) is 4.32. The van der Waals surface area contributed by atoms with Crippen LogP contribution in [-0.4, -0.2) is 59.6 Å². The van der Waals surface area contributed by atoms with Crippen LogP contribution in [0.3, 0.4) is 0 Å². The Morgan fingerprint density at radius 2 is 1.94 bits per heavy atom. The van der Waals surface area contributed by atoms with E-state index in [1.54, 1.807) is 12.1 Å². The van der Waals surface area contributed by atoms with E-state index in [0.29, 0.717) is 51.4 Å². The molecule has 1 aromatic heterocycles. The van der Waals surface area contributed by atoms with Gasteiger partial charge < -0.3 is 15.5 Å². The molecule has 2 aromatic rings. The molecular formula is C25H34FN7O3. The number of nitrogens with one attached hydrogen (secondary N) is 1. The number of unbranched alkanes of at least 4 members (excludes halogenated alkanes) is 1. The molecular weight excluding hydrogens is 465 g/mol. The highest BCUT2D eigenvalue weighted by Crippen LogP contribution is 2.23. The van der Waals surface area contributed by atoms with Gasteiger partial charge in [-0.05, 0) is 30.5 Å². The van der Waals surface area contributed by atoms with Crippen LogP contribution in [0.25, 0.3) is 0 Å². The lowest BCUT2D eigenvalue weighted by molar-refractivity contribution is -0.119. The van der Waals surface area contributed by atoms with E-state index in [9.17, 15) is 18.8 Å². The number of nitrogens with zero attached hydrogens (tertiary/aromatic N) is 5. The number of nitrogen functional groups attached to an aromatic ring is 1. The van der Waals surface area contributed by atoms with E-state index in [0.717, 1.165) is 6.42 Å². The van der Waals surface area contributed by atoms with E-state index in [1.165, 1.54) is 15.5 Å². The smallest absolute Gasteiger partial charge is 0.330 e. The highest BCUT2D eigenvalue weighted by Gasteiger charge is 2.27. The summed E-state index contributed by atoms with van der Waals surface area (Å²) in [5.41, 5.74) is 5.70. The third-order valence-electron chi connectivity index (χ3n) is 6.22. The standard InChI is InChI=1S/C25H34FN7O3/c1-4-5-8-32(22-23(28)33(15-17(2)3)25(36)29-24(22)35)21(34)16-30-9-11-31(12-10-30)20-7-6-18(14-27)13-19(20)26/h6-7,13,17H,4-5,8-12,15-16,28H2,1-3H3,(H,29,35,36). The zero-order valence-electron chi connectivity index (χ0n) is 21.1. The number of hydrogen-bond acceptors (Lipinski definition) is 7. The van der Waals surface area contributed by atoms with Crippen LogP contribution in [0.1, 0.15) is 39.2 Å². The molecule has 0 aliphatic carbocycles. The van der Waals surface area contributed by atoms with Crippen molar-refractivity contribution >= 4 is 23.1 Å². The largest absolute Gasteiger partial charge is 0.383 e. The lowest BCUT2D eigenvalue weighted by atomic mass is 10.2. The number of nitriles is 1. The Hall–Kier alpha value is -3.65. The first-order valence-corrected chi connectivity index (χ1v) is 12.3. The second-order valence-corrected chi connectivity index (χ2v) is 9.44. The number of carbonyl (C=O) groups excluding carboxylic acids is 1. The van der Waals surface area contributed by atoms with Gasteiger partial charge in [0.25, 0.3) is 5.56 Å². The number of benzene rings is 1. The number of amides is 1. The molecule has 0 unspecified atom stereocenters. The summed E-state index contributed by atoms with van der Waals surface area (Å²) >= 11 is 0. The summed E-state index contributed by atoms with van der Waals surface area (Å²) in [6.45, 7) is 8.58. The first kappa shape index (κ1) is 26.9. The lowest BCUT2D eigenvalue weighted by Gasteiger charge is -2.36. The summed E-state index contributed by atoms with van der Waals surface area (Å²) in [5, 5.41) is 8.95. The number of piperazine rings is 1. The van der Waals surface area contributed by atoms with E-state index >= 15 is 0 Å². The molecule has 1 aliphatic heterocycles. The van der Waals surface area contributed by atoms with Crippen molar-refractivity contribution < 1.29 is 9.18 Å². The average molecular weight is 500 g/mol. The molecule has 1 aliphatic rings. The minimum absolute atomic E-state index is 0.00647. The molecule has 3 N–H and O–H groups in total. The maximum Gasteiger partial charge on any atom is 0.330 e. The summed E-state index contributed by atoms with van der Waals surface area (Å²) in [6.07, 6.45) is 1.47. The molecule has 1 saturated heterocycles. The SMILES string of the molecule is CCCCN(C(=O)CN1CCN(c2ccc(C#N)cc2F)CC1)c1c(N)n(CC(C)C)c(=O)[nH]c1=O. The van der Waals surface area contributed by atoms with Crippen LogP contribution in [-0.2, 0) is 11.3 Å². The molecule has 0 atom stereocenters. The molecule has 1 amide bonds. The number of nitrogens with two attached hydrogens (primary N) is 1. The topological polar surface area (TPSA) is 131 Å². The third kappa shape index (κ3) is 6.12. The van der Waals surface area contributed by atoms with E-state index in [2.05, 4.69) is 4.98 Å². The second-order valence-electron chi connectivity index (χ2n) is 9.44. The molecule has 0 saturated carbocycles. The molecule has 0 radical (unpaired) electrons. The Morgan fingerprint density at radius 3 is 2.53 bits per heavy atom. The molecule has 0 spiro atoms. The van der Waals surface area contributed by atoms with Gasteiger partial charge >= 0.3 is 5.69 Å². The minimum atomic E-state index is -0.678. The van der Waals surface area contributed by atoms with Crippen LogP contribution in [0.15, 0.2) is 27.8 Å². The monoisotopic (exact) mass is 499 g/mol. The first-order valence-electron chi connectivity index (χ1n) is 12.3. The van der Waals surface area contributed by atoms with Gasteiger partial charge in [0.15, 0.2) is 5.69 Å². The van der Waals surface area contributed by atoms with Crippen LogP contribution in [0.4, 0.5) is 21.6 Å². The van der Waals surface area contributed by atoms with Gasteiger partial charge in [0, 0.05) is 39.3 Å². The summed E-state index contributed by atoms with van der Waals surface area (Å²) in [6, 6.07) is 6.33. The zero-order valence-corrected chi connectivity index (χ0v) is 21.1. The molecule has 0 bridgehead atoms. The Bertz CT molecular complexity index is 1240. The maximum atomic E-state index is 14.4. The number of aromatic amines is 1. The minimum Gasteiger partial charge on any atom is -0.383 e. The van der Waals surface area contributed by atoms with Crippen molar-refractivity contribution in [3.05, 3.63) is 50.4 Å². The van der Waals surface area contributed by atoms with Crippen molar-refractivity contribution in [3.63, 3.8) is 0 Å². The van der Waals surface area contributed by atoms with Crippen molar-refractivity contribution in [1.82, 2.24) is 14.5 Å². The van der Waals surface area contributed by atoms with Gasteiger partial charge in [0.05, 0.1) is 23.9 Å². The van der Waals surface area contributed by atoms with Gasteiger partial charge in [-0.25, -0.2) is 9.18 Å². The van der Waals surface area contributed by atoms with Crippen molar-refractivity contribution in [3.8, 4) is 6.07 Å². The van der Waals surface area contributed by atoms with Gasteiger partial charge in [-0.3, -0.25) is 24.0 Å². The van der Waals surface area contributed by atoms with E-state index < -0.39 is 17.1 Å². The quantitative estimate of drug-likeness (QED) is 0.537. The fraction of sp³-hybridized carbons (Fsp3) is 0.520. The lowest BCUT2D eigenvalue weighted by Crippen LogP contribution is -2.51. The number of carbonyl (C=O) groups is 1. The number of hydrogen-bond donors (Lipinski definition) is 2. The molecule has 3 rings (SSSR count). The van der Waals surface area contributed by atoms with E-state index in [1.807, 2.05) is 36.6 Å². The molecule has 1 aromatic carbocycles. The van der Waals surface area contributed by atoms with Crippen LogP contribution < -0.4 is 26.8 Å². The van der Waals surface area contributed by atoms with Crippen LogP contribution >= 0.6 is 0 Å². The molecule has 11 heteroatoms. The van der Waals surface area contributed by atoms with Gasteiger partial charge in [-0.2, -0.15) is 5.26 Å². The van der Waals surface area contributed by atoms with Crippen LogP contribution in [0.2, 0.25) is 0 Å². The second kappa shape index (κ2) is 11.9. The van der Waals surface area contributed by atoms with Crippen LogP contribution in [0.5, 0.6) is 0 Å². The average Bonchev–Trinajstić information content (AvgIpc) is 2.84. The molecule has 1 fully saturated rings.